The highest BCUT2D eigenvalue weighted by atomic mass is 19.1. The molecule has 12 nitrogen and oxygen atoms in total. The van der Waals surface area contributed by atoms with E-state index >= 15 is 4.39 Å². The minimum atomic E-state index is -0.986. The van der Waals surface area contributed by atoms with Gasteiger partial charge in [-0.05, 0) is 75.4 Å². The Hall–Kier alpha value is -4.65. The standard InChI is InChI=1S/C31H40FN5.C6H8N4O3/c1-3-37-28-13-9-12-25(26-19-29-24(18-27(26)32)20-33-35(29)2)30(28)31(34-37)23-14-16-36(17-15-23)21-22-10-7-5-4-6-8-11-22;11-4-7-1-5-2-10(9-8-5)3-6(12)13/h9,12-13,18-20,22-23H,3-8,10-11,14-17,21H2,1-2H3;2,4H,1,3H2,(H,7,11)(H,12,13). The number of aryl methyl sites for hydroxylation is 2. The molecule has 5 aromatic rings. The van der Waals surface area contributed by atoms with Crippen LogP contribution in [0.15, 0.2) is 42.7 Å². The van der Waals surface area contributed by atoms with Crippen molar-refractivity contribution in [2.45, 2.75) is 90.3 Å². The first kappa shape index (κ1) is 35.2. The van der Waals surface area contributed by atoms with Gasteiger partial charge in [0.15, 0.2) is 0 Å². The first-order valence-electron chi connectivity index (χ1n) is 18.0. The van der Waals surface area contributed by atoms with Crippen LogP contribution < -0.4 is 5.32 Å². The van der Waals surface area contributed by atoms with Crippen molar-refractivity contribution in [3.63, 3.8) is 0 Å². The molecule has 3 aromatic heterocycles. The quantitative estimate of drug-likeness (QED) is 0.174. The lowest BCUT2D eigenvalue weighted by Crippen LogP contribution is -2.37. The summed E-state index contributed by atoms with van der Waals surface area (Å²) in [5, 5.41) is 29.4. The number of amides is 1. The Balaban J connectivity index is 0.000000281. The molecule has 1 aliphatic carbocycles. The topological polar surface area (TPSA) is 136 Å². The Kier molecular flexibility index (Phi) is 11.5. The van der Waals surface area contributed by atoms with Crippen molar-refractivity contribution in [3.05, 3.63) is 59.9 Å². The van der Waals surface area contributed by atoms with Gasteiger partial charge in [-0.15, -0.1) is 5.10 Å². The molecule has 4 heterocycles. The van der Waals surface area contributed by atoms with Crippen molar-refractivity contribution < 1.29 is 19.1 Å². The Labute approximate surface area is 291 Å². The van der Waals surface area contributed by atoms with E-state index in [2.05, 4.69) is 49.4 Å². The second kappa shape index (κ2) is 16.4. The largest absolute Gasteiger partial charge is 0.480 e. The van der Waals surface area contributed by atoms with Gasteiger partial charge in [-0.3, -0.25) is 19.0 Å². The smallest absolute Gasteiger partial charge is 0.325 e. The summed E-state index contributed by atoms with van der Waals surface area (Å²) in [5.74, 6) is 0.0963. The molecule has 2 N–H and O–H groups in total. The van der Waals surface area contributed by atoms with Crippen LogP contribution in [0.5, 0.6) is 0 Å². The average Bonchev–Trinajstić information content (AvgIpc) is 3.81. The van der Waals surface area contributed by atoms with E-state index in [0.717, 1.165) is 71.5 Å². The number of benzene rings is 2. The fourth-order valence-electron chi connectivity index (χ4n) is 7.65. The third-order valence-electron chi connectivity index (χ3n) is 10.2. The first-order chi connectivity index (χ1) is 24.3. The Morgan fingerprint density at radius 1 is 1.04 bits per heavy atom. The zero-order chi connectivity index (χ0) is 35.0. The van der Waals surface area contributed by atoms with Gasteiger partial charge in [-0.2, -0.15) is 10.2 Å². The lowest BCUT2D eigenvalue weighted by atomic mass is 9.87. The molecule has 50 heavy (non-hydrogen) atoms. The number of likely N-dealkylation sites (tertiary alicyclic amines) is 1. The molecule has 0 unspecified atom stereocenters. The maximum Gasteiger partial charge on any atom is 0.325 e. The molecule has 1 saturated carbocycles. The van der Waals surface area contributed by atoms with Gasteiger partial charge in [-0.1, -0.05) is 49.5 Å². The van der Waals surface area contributed by atoms with Crippen LogP contribution in [0.3, 0.4) is 0 Å². The van der Waals surface area contributed by atoms with Crippen molar-refractivity contribution in [2.75, 3.05) is 19.6 Å². The van der Waals surface area contributed by atoms with Gasteiger partial charge >= 0.3 is 5.97 Å². The number of hydrogen-bond donors (Lipinski definition) is 2. The molecule has 1 amide bonds. The molecule has 2 aromatic carbocycles. The molecule has 2 fully saturated rings. The number of nitrogens with zero attached hydrogens (tertiary/aromatic N) is 8. The summed E-state index contributed by atoms with van der Waals surface area (Å²) in [6, 6.07) is 9.83. The number of aliphatic carboxylic acids is 1. The molecular weight excluding hydrogens is 637 g/mol. The highest BCUT2D eigenvalue weighted by molar-refractivity contribution is 5.99. The molecule has 0 spiro atoms. The van der Waals surface area contributed by atoms with Crippen molar-refractivity contribution in [1.29, 1.82) is 0 Å². The Bertz CT molecular complexity index is 1900. The third-order valence-corrected chi connectivity index (χ3v) is 10.2. The van der Waals surface area contributed by atoms with Gasteiger partial charge in [0.1, 0.15) is 18.1 Å². The zero-order valence-corrected chi connectivity index (χ0v) is 29.1. The number of carbonyl (C=O) groups is 2. The van der Waals surface area contributed by atoms with Gasteiger partial charge < -0.3 is 15.3 Å². The van der Waals surface area contributed by atoms with Gasteiger partial charge in [0.25, 0.3) is 0 Å². The second-order valence-electron chi connectivity index (χ2n) is 13.6. The van der Waals surface area contributed by atoms with Gasteiger partial charge in [0.2, 0.25) is 6.41 Å². The molecular formula is C37H48FN9O3. The zero-order valence-electron chi connectivity index (χ0n) is 29.1. The van der Waals surface area contributed by atoms with Crippen LogP contribution in [0.1, 0.15) is 82.0 Å². The maximum atomic E-state index is 15.5. The summed E-state index contributed by atoms with van der Waals surface area (Å²) in [5.41, 5.74) is 5.32. The van der Waals surface area contributed by atoms with Crippen LogP contribution in [-0.4, -0.2) is 76.6 Å². The number of piperidine rings is 1. The molecule has 1 aliphatic heterocycles. The van der Waals surface area contributed by atoms with Crippen molar-refractivity contribution in [3.8, 4) is 11.1 Å². The lowest BCUT2D eigenvalue weighted by molar-refractivity contribution is -0.137. The molecule has 7 rings (SSSR count). The molecule has 0 bridgehead atoms. The Morgan fingerprint density at radius 2 is 1.80 bits per heavy atom. The number of fused-ring (bicyclic) bond motifs is 2. The summed E-state index contributed by atoms with van der Waals surface area (Å²) in [6.45, 7) is 6.51. The number of halogens is 1. The van der Waals surface area contributed by atoms with E-state index in [4.69, 9.17) is 10.2 Å². The van der Waals surface area contributed by atoms with Crippen LogP contribution in [-0.2, 0) is 36.3 Å². The molecule has 0 radical (unpaired) electrons. The number of hydrogen-bond acceptors (Lipinski definition) is 7. The van der Waals surface area contributed by atoms with E-state index < -0.39 is 5.97 Å². The molecule has 1 saturated heterocycles. The normalized spacial score (nSPS) is 16.5. The fourth-order valence-corrected chi connectivity index (χ4v) is 7.65. The van der Waals surface area contributed by atoms with Crippen molar-refractivity contribution in [1.82, 2.24) is 44.8 Å². The lowest BCUT2D eigenvalue weighted by Gasteiger charge is -2.34. The minimum absolute atomic E-state index is 0.197. The van der Waals surface area contributed by atoms with Crippen LogP contribution in [0, 0.1) is 11.7 Å². The van der Waals surface area contributed by atoms with E-state index in [1.165, 1.54) is 62.4 Å². The summed E-state index contributed by atoms with van der Waals surface area (Å²) >= 11 is 0. The fraction of sp³-hybridized carbons (Fsp3) is 0.514. The maximum absolute atomic E-state index is 15.5. The highest BCUT2D eigenvalue weighted by Gasteiger charge is 2.28. The summed E-state index contributed by atoms with van der Waals surface area (Å²) in [4.78, 5) is 22.8. The van der Waals surface area contributed by atoms with Crippen LogP contribution in [0.4, 0.5) is 4.39 Å². The number of carboxylic acids is 1. The van der Waals surface area contributed by atoms with Crippen molar-refractivity contribution in [2.24, 2.45) is 13.0 Å². The minimum Gasteiger partial charge on any atom is -0.480 e. The molecule has 2 aliphatic rings. The SMILES string of the molecule is CCn1nc(C2CCN(CC3CCCCCCC3)CC2)c2c(-c3cc4c(cnn4C)cc3F)cccc21.O=CNCc1cn(CC(=O)O)nn1. The third kappa shape index (κ3) is 8.20. The second-order valence-corrected chi connectivity index (χ2v) is 13.6. The molecule has 13 heteroatoms. The Morgan fingerprint density at radius 3 is 2.52 bits per heavy atom. The van der Waals surface area contributed by atoms with E-state index in [1.54, 1.807) is 12.3 Å². The number of rotatable bonds is 10. The van der Waals surface area contributed by atoms with Crippen LogP contribution in [0.2, 0.25) is 0 Å². The van der Waals surface area contributed by atoms with E-state index in [0.29, 0.717) is 23.6 Å². The van der Waals surface area contributed by atoms with E-state index in [-0.39, 0.29) is 18.9 Å². The number of nitrogens with one attached hydrogen (secondary N) is 1. The van der Waals surface area contributed by atoms with Crippen molar-refractivity contribution >= 4 is 34.2 Å². The van der Waals surface area contributed by atoms with Crippen LogP contribution >= 0.6 is 0 Å². The van der Waals surface area contributed by atoms with E-state index in [9.17, 15) is 9.59 Å². The predicted octanol–water partition coefficient (Wildman–Crippen LogP) is 5.90. The summed E-state index contributed by atoms with van der Waals surface area (Å²) in [7, 11) is 1.91. The van der Waals surface area contributed by atoms with Crippen LogP contribution in [0.25, 0.3) is 32.9 Å². The highest BCUT2D eigenvalue weighted by Crippen LogP contribution is 2.40. The monoisotopic (exact) mass is 685 g/mol. The van der Waals surface area contributed by atoms with Gasteiger partial charge in [-0.25, -0.2) is 9.07 Å². The number of aromatic nitrogens is 7. The van der Waals surface area contributed by atoms with Gasteiger partial charge in [0.05, 0.1) is 35.7 Å². The number of carbonyl (C=O) groups excluding carboxylic acids is 1. The summed E-state index contributed by atoms with van der Waals surface area (Å²) < 4.78 is 20.6. The predicted molar refractivity (Wildman–Crippen MR) is 190 cm³/mol. The van der Waals surface area contributed by atoms with Gasteiger partial charge in [0, 0.05) is 42.4 Å². The first-order valence-corrected chi connectivity index (χ1v) is 18.0. The molecule has 0 atom stereocenters. The average molecular weight is 686 g/mol. The molecule has 266 valence electrons. The number of carboxylic acid groups (broad SMARTS) is 1. The van der Waals surface area contributed by atoms with E-state index in [1.807, 2.05) is 23.9 Å². The summed E-state index contributed by atoms with van der Waals surface area (Å²) in [6.07, 6.45) is 15.9.